The molecular weight excluding hydrogens is 520 g/mol. The number of hydrogen-bond acceptors (Lipinski definition) is 9. The first-order valence-corrected chi connectivity index (χ1v) is 13.0. The second-order valence-corrected chi connectivity index (χ2v) is 10.6. The van der Waals surface area contributed by atoms with Crippen LogP contribution in [-0.4, -0.2) is 61.1 Å². The maximum absolute atomic E-state index is 12.3. The topological polar surface area (TPSA) is 144 Å². The third-order valence-electron chi connectivity index (χ3n) is 6.58. The number of carbonyl (C=O) groups is 1. The molecule has 4 N–H and O–H groups in total. The number of pyridine rings is 1. The fraction of sp³-hybridized carbons (Fsp3) is 0.233. The molecule has 3 aromatic heterocycles. The number of amides is 1. The number of anilines is 2. The molecule has 0 saturated carbocycles. The van der Waals surface area contributed by atoms with Crippen LogP contribution in [0.1, 0.15) is 30.5 Å². The Bertz CT molecular complexity index is 1790. The van der Waals surface area contributed by atoms with Crippen molar-refractivity contribution in [3.8, 4) is 11.5 Å². The highest BCUT2D eigenvalue weighted by Crippen LogP contribution is 2.38. The Morgan fingerprint density at radius 2 is 1.93 bits per heavy atom. The van der Waals surface area contributed by atoms with Gasteiger partial charge in [-0.1, -0.05) is 12.1 Å². The van der Waals surface area contributed by atoms with Crippen LogP contribution in [0, 0.1) is 6.92 Å². The minimum atomic E-state index is -1.22. The second kappa shape index (κ2) is 11.0. The maximum Gasteiger partial charge on any atom is 0.249 e. The first-order chi connectivity index (χ1) is 19.5. The molecule has 2 aromatic carbocycles. The summed E-state index contributed by atoms with van der Waals surface area (Å²) in [5, 5.41) is 19.3. The summed E-state index contributed by atoms with van der Waals surface area (Å²) < 4.78 is 7.85. The maximum atomic E-state index is 12.3. The Labute approximate surface area is 237 Å². The molecule has 0 unspecified atom stereocenters. The van der Waals surface area contributed by atoms with Crippen LogP contribution in [-0.2, 0) is 10.4 Å². The van der Waals surface area contributed by atoms with Crippen molar-refractivity contribution in [2.75, 3.05) is 26.0 Å². The van der Waals surface area contributed by atoms with E-state index in [1.54, 1.807) is 42.8 Å². The molecule has 41 heavy (non-hydrogen) atoms. The van der Waals surface area contributed by atoms with E-state index in [2.05, 4.69) is 25.4 Å². The van der Waals surface area contributed by atoms with Gasteiger partial charge in [0.25, 0.3) is 0 Å². The number of likely N-dealkylation sites (N-methyl/N-ethyl adjacent to an activating group) is 1. The highest BCUT2D eigenvalue weighted by Gasteiger charge is 2.24. The summed E-state index contributed by atoms with van der Waals surface area (Å²) in [7, 11) is 3.83. The lowest BCUT2D eigenvalue weighted by atomic mass is 9.94. The van der Waals surface area contributed by atoms with Gasteiger partial charge in [-0.05, 0) is 76.3 Å². The lowest BCUT2D eigenvalue weighted by molar-refractivity contribution is -0.112. The summed E-state index contributed by atoms with van der Waals surface area (Å²) >= 11 is 0. The van der Waals surface area contributed by atoms with E-state index in [1.807, 2.05) is 56.3 Å². The SMILES string of the molecule is Cc1cc(Nc2ncnc3ccc(C(=CCN(C)C)C(N)=O)cc23)c(C(C)(C)O)cc1Oc1ccn2ncnc2c1. The Morgan fingerprint density at radius 3 is 2.66 bits per heavy atom. The Hall–Kier alpha value is -4.87. The predicted octanol–water partition coefficient (Wildman–Crippen LogP) is 4.17. The minimum Gasteiger partial charge on any atom is -0.457 e. The second-order valence-electron chi connectivity index (χ2n) is 10.6. The van der Waals surface area contributed by atoms with E-state index in [4.69, 9.17) is 10.5 Å². The van der Waals surface area contributed by atoms with Crippen LogP contribution in [0.5, 0.6) is 11.5 Å². The molecule has 210 valence electrons. The summed E-state index contributed by atoms with van der Waals surface area (Å²) in [6.45, 7) is 5.90. The number of aryl methyl sites for hydroxylation is 1. The molecule has 0 saturated heterocycles. The zero-order valence-corrected chi connectivity index (χ0v) is 23.6. The average Bonchev–Trinajstić information content (AvgIpc) is 3.37. The fourth-order valence-corrected chi connectivity index (χ4v) is 4.48. The van der Waals surface area contributed by atoms with E-state index in [-0.39, 0.29) is 0 Å². The molecule has 5 aromatic rings. The van der Waals surface area contributed by atoms with Crippen molar-refractivity contribution in [2.45, 2.75) is 26.4 Å². The van der Waals surface area contributed by atoms with Crippen molar-refractivity contribution >= 4 is 39.5 Å². The lowest BCUT2D eigenvalue weighted by Crippen LogP contribution is -2.18. The number of hydrogen-bond donors (Lipinski definition) is 3. The van der Waals surface area contributed by atoms with E-state index < -0.39 is 11.5 Å². The van der Waals surface area contributed by atoms with E-state index in [9.17, 15) is 9.90 Å². The summed E-state index contributed by atoms with van der Waals surface area (Å²) in [4.78, 5) is 27.3. The van der Waals surface area contributed by atoms with Crippen molar-refractivity contribution in [3.63, 3.8) is 0 Å². The molecule has 0 fully saturated rings. The third-order valence-corrected chi connectivity index (χ3v) is 6.58. The van der Waals surface area contributed by atoms with Gasteiger partial charge in [-0.15, -0.1) is 0 Å². The van der Waals surface area contributed by atoms with Gasteiger partial charge in [-0.25, -0.2) is 19.5 Å². The lowest BCUT2D eigenvalue weighted by Gasteiger charge is -2.24. The van der Waals surface area contributed by atoms with Gasteiger partial charge in [0.1, 0.15) is 30.0 Å². The van der Waals surface area contributed by atoms with Crippen LogP contribution in [0.3, 0.4) is 0 Å². The predicted molar refractivity (Wildman–Crippen MR) is 158 cm³/mol. The summed E-state index contributed by atoms with van der Waals surface area (Å²) in [5.74, 6) is 1.18. The van der Waals surface area contributed by atoms with Crippen molar-refractivity contribution in [2.24, 2.45) is 5.73 Å². The van der Waals surface area contributed by atoms with Gasteiger partial charge in [0.2, 0.25) is 5.91 Å². The van der Waals surface area contributed by atoms with Crippen LogP contribution in [0.2, 0.25) is 0 Å². The summed E-state index contributed by atoms with van der Waals surface area (Å²) in [6, 6.07) is 12.8. The number of ether oxygens (including phenoxy) is 1. The Balaban J connectivity index is 1.54. The Kier molecular flexibility index (Phi) is 7.40. The molecule has 0 spiro atoms. The van der Waals surface area contributed by atoms with Crippen LogP contribution in [0.4, 0.5) is 11.5 Å². The summed E-state index contributed by atoms with van der Waals surface area (Å²) in [5.41, 5.74) is 9.02. The molecule has 0 atom stereocenters. The molecule has 0 radical (unpaired) electrons. The van der Waals surface area contributed by atoms with E-state index >= 15 is 0 Å². The van der Waals surface area contributed by atoms with Crippen molar-refractivity contribution in [1.29, 1.82) is 0 Å². The number of aliphatic hydroxyl groups is 1. The first-order valence-electron chi connectivity index (χ1n) is 13.0. The van der Waals surface area contributed by atoms with Crippen molar-refractivity contribution in [1.82, 2.24) is 29.5 Å². The van der Waals surface area contributed by atoms with Gasteiger partial charge in [0, 0.05) is 41.0 Å². The van der Waals surface area contributed by atoms with E-state index in [0.29, 0.717) is 62.8 Å². The normalized spacial score (nSPS) is 12.3. The Morgan fingerprint density at radius 1 is 1.12 bits per heavy atom. The van der Waals surface area contributed by atoms with Gasteiger partial charge in [-0.2, -0.15) is 5.10 Å². The molecule has 0 bridgehead atoms. The average molecular weight is 553 g/mol. The van der Waals surface area contributed by atoms with Crippen molar-refractivity contribution < 1.29 is 14.6 Å². The van der Waals surface area contributed by atoms with Crippen LogP contribution in [0.15, 0.2) is 67.4 Å². The number of primary amides is 1. The van der Waals surface area contributed by atoms with Gasteiger partial charge in [-0.3, -0.25) is 4.79 Å². The monoisotopic (exact) mass is 552 g/mol. The number of nitrogens with zero attached hydrogens (tertiary/aromatic N) is 6. The van der Waals surface area contributed by atoms with Crippen LogP contribution >= 0.6 is 0 Å². The molecule has 5 rings (SSSR count). The standard InChI is InChI=1S/C30H32N8O3/c1-18-12-25(23(30(2,3)40)15-26(18)41-20-8-11-38-27(14-20)33-17-35-38)36-29-22-13-19(6-7-24(22)32-16-34-29)21(28(31)39)9-10-37(4)5/h6-9,11-17,40H,10H2,1-5H3,(H2,31,39)(H,32,34,36). The number of nitrogens with one attached hydrogen (secondary N) is 1. The van der Waals surface area contributed by atoms with Crippen LogP contribution < -0.4 is 15.8 Å². The number of nitrogens with two attached hydrogens (primary N) is 1. The number of fused-ring (bicyclic) bond motifs is 2. The van der Waals surface area contributed by atoms with Gasteiger partial charge in [0.05, 0.1) is 11.1 Å². The quantitative estimate of drug-likeness (QED) is 0.229. The highest BCUT2D eigenvalue weighted by atomic mass is 16.5. The van der Waals surface area contributed by atoms with Gasteiger partial charge in [0.15, 0.2) is 5.65 Å². The molecule has 11 nitrogen and oxygen atoms in total. The van der Waals surface area contributed by atoms with Crippen LogP contribution in [0.25, 0.3) is 22.1 Å². The molecule has 11 heteroatoms. The molecule has 0 aliphatic carbocycles. The molecule has 1 amide bonds. The zero-order chi connectivity index (χ0) is 29.3. The molecule has 0 aliphatic heterocycles. The first kappa shape index (κ1) is 27.7. The number of rotatable bonds is 9. The number of carbonyl (C=O) groups excluding carboxylic acids is 1. The largest absolute Gasteiger partial charge is 0.457 e. The highest BCUT2D eigenvalue weighted by molar-refractivity contribution is 6.19. The zero-order valence-electron chi connectivity index (χ0n) is 23.6. The van der Waals surface area contributed by atoms with Gasteiger partial charge >= 0.3 is 0 Å². The molecule has 3 heterocycles. The van der Waals surface area contributed by atoms with Crippen molar-refractivity contribution in [3.05, 3.63) is 84.1 Å². The van der Waals surface area contributed by atoms with E-state index in [1.165, 1.54) is 12.7 Å². The number of aromatic nitrogens is 5. The molecular formula is C30H32N8O3. The van der Waals surface area contributed by atoms with E-state index in [0.717, 1.165) is 5.56 Å². The smallest absolute Gasteiger partial charge is 0.249 e. The minimum absolute atomic E-state index is 0.411. The summed E-state index contributed by atoms with van der Waals surface area (Å²) in [6.07, 6.45) is 6.52. The number of benzene rings is 2. The fourth-order valence-electron chi connectivity index (χ4n) is 4.48. The third kappa shape index (κ3) is 6.01. The van der Waals surface area contributed by atoms with Gasteiger partial charge < -0.3 is 25.8 Å². The molecule has 0 aliphatic rings.